The van der Waals surface area contributed by atoms with Crippen LogP contribution in [0.2, 0.25) is 0 Å². The third-order valence-electron chi connectivity index (χ3n) is 3.91. The molecule has 2 N–H and O–H groups in total. The third kappa shape index (κ3) is 2.12. The molecule has 1 aliphatic rings. The molecule has 0 bridgehead atoms. The molecule has 0 aromatic carbocycles. The zero-order valence-electron chi connectivity index (χ0n) is 11.7. The van der Waals surface area contributed by atoms with E-state index in [0.717, 1.165) is 24.4 Å². The van der Waals surface area contributed by atoms with E-state index in [4.69, 9.17) is 10.2 Å². The van der Waals surface area contributed by atoms with Gasteiger partial charge in [-0.05, 0) is 31.4 Å². The van der Waals surface area contributed by atoms with Crippen LogP contribution in [0.25, 0.3) is 17.2 Å². The number of anilines is 2. The van der Waals surface area contributed by atoms with Crippen LogP contribution in [0.4, 0.5) is 11.5 Å². The van der Waals surface area contributed by atoms with Crippen molar-refractivity contribution in [1.29, 1.82) is 0 Å². The minimum absolute atomic E-state index is 0.558. The molecule has 21 heavy (non-hydrogen) atoms. The summed E-state index contributed by atoms with van der Waals surface area (Å²) in [6.07, 6.45) is 5.39. The van der Waals surface area contributed by atoms with E-state index in [0.29, 0.717) is 17.4 Å². The molecule has 0 radical (unpaired) electrons. The first-order valence-corrected chi connectivity index (χ1v) is 7.26. The van der Waals surface area contributed by atoms with E-state index in [2.05, 4.69) is 15.0 Å². The van der Waals surface area contributed by atoms with Crippen molar-refractivity contribution >= 4 is 17.2 Å². The number of pyridine rings is 1. The lowest BCUT2D eigenvalue weighted by Crippen LogP contribution is -2.29. The number of rotatable bonds is 2. The summed E-state index contributed by atoms with van der Waals surface area (Å²) in [5.41, 5.74) is 8.01. The van der Waals surface area contributed by atoms with E-state index in [1.54, 1.807) is 10.8 Å². The fraction of sp³-hybridized carbons (Fsp3) is 0.333. The lowest BCUT2D eigenvalue weighted by Gasteiger charge is -2.28. The predicted molar refractivity (Wildman–Crippen MR) is 81.2 cm³/mol. The highest BCUT2D eigenvalue weighted by molar-refractivity contribution is 5.65. The SMILES string of the molecule is Nc1cc(N2CCCCC2)cc2nc(-c3ccco3)nn12. The largest absolute Gasteiger partial charge is 0.461 e. The number of nitrogen functional groups attached to an aromatic ring is 1. The smallest absolute Gasteiger partial charge is 0.217 e. The Morgan fingerprint density at radius 2 is 2.00 bits per heavy atom. The van der Waals surface area contributed by atoms with Gasteiger partial charge in [0.25, 0.3) is 0 Å². The van der Waals surface area contributed by atoms with Gasteiger partial charge in [0.1, 0.15) is 5.82 Å². The Hall–Kier alpha value is -2.50. The number of nitrogens with two attached hydrogens (primary N) is 1. The fourth-order valence-corrected chi connectivity index (χ4v) is 2.84. The molecular formula is C15H17N5O. The molecule has 108 valence electrons. The van der Waals surface area contributed by atoms with E-state index in [9.17, 15) is 0 Å². The first-order valence-electron chi connectivity index (χ1n) is 7.26. The van der Waals surface area contributed by atoms with Crippen molar-refractivity contribution in [2.75, 3.05) is 23.7 Å². The highest BCUT2D eigenvalue weighted by Gasteiger charge is 2.15. The summed E-state index contributed by atoms with van der Waals surface area (Å²) in [4.78, 5) is 6.89. The van der Waals surface area contributed by atoms with Gasteiger partial charge < -0.3 is 15.1 Å². The summed E-state index contributed by atoms with van der Waals surface area (Å²) >= 11 is 0. The number of piperidine rings is 1. The van der Waals surface area contributed by atoms with Crippen LogP contribution in [0, 0.1) is 0 Å². The van der Waals surface area contributed by atoms with Gasteiger partial charge in [-0.3, -0.25) is 0 Å². The van der Waals surface area contributed by atoms with Crippen LogP contribution in [0.15, 0.2) is 34.9 Å². The Kier molecular flexibility index (Phi) is 2.80. The Bertz CT molecular complexity index is 756. The van der Waals surface area contributed by atoms with E-state index >= 15 is 0 Å². The van der Waals surface area contributed by atoms with Gasteiger partial charge in [0.05, 0.1) is 6.26 Å². The third-order valence-corrected chi connectivity index (χ3v) is 3.91. The minimum atomic E-state index is 0.558. The molecule has 0 spiro atoms. The first kappa shape index (κ1) is 12.3. The average molecular weight is 283 g/mol. The van der Waals surface area contributed by atoms with Crippen molar-refractivity contribution in [3.63, 3.8) is 0 Å². The summed E-state index contributed by atoms with van der Waals surface area (Å²) in [5, 5.41) is 4.41. The van der Waals surface area contributed by atoms with Crippen molar-refractivity contribution in [2.45, 2.75) is 19.3 Å². The topological polar surface area (TPSA) is 72.6 Å². The van der Waals surface area contributed by atoms with Crippen LogP contribution in [0.5, 0.6) is 0 Å². The molecule has 0 aliphatic carbocycles. The number of nitrogens with zero attached hydrogens (tertiary/aromatic N) is 4. The summed E-state index contributed by atoms with van der Waals surface area (Å²) in [7, 11) is 0. The maximum absolute atomic E-state index is 6.13. The molecule has 3 aromatic heterocycles. The fourth-order valence-electron chi connectivity index (χ4n) is 2.84. The molecule has 3 aromatic rings. The predicted octanol–water partition coefficient (Wildman–Crippen LogP) is 2.56. The Morgan fingerprint density at radius 3 is 2.76 bits per heavy atom. The zero-order chi connectivity index (χ0) is 14.2. The van der Waals surface area contributed by atoms with Crippen LogP contribution < -0.4 is 10.6 Å². The van der Waals surface area contributed by atoms with Gasteiger partial charge in [-0.1, -0.05) is 0 Å². The summed E-state index contributed by atoms with van der Waals surface area (Å²) in [5.74, 6) is 1.80. The zero-order valence-corrected chi connectivity index (χ0v) is 11.7. The number of fused-ring (bicyclic) bond motifs is 1. The van der Waals surface area contributed by atoms with Crippen molar-refractivity contribution in [1.82, 2.24) is 14.6 Å². The number of hydrogen-bond acceptors (Lipinski definition) is 5. The lowest BCUT2D eigenvalue weighted by molar-refractivity contribution is 0.577. The van der Waals surface area contributed by atoms with Gasteiger partial charge in [-0.25, -0.2) is 4.98 Å². The van der Waals surface area contributed by atoms with Crippen molar-refractivity contribution < 1.29 is 4.42 Å². The summed E-state index contributed by atoms with van der Waals surface area (Å²) in [6, 6.07) is 7.68. The molecule has 0 atom stereocenters. The van der Waals surface area contributed by atoms with Gasteiger partial charge in [0.15, 0.2) is 11.4 Å². The van der Waals surface area contributed by atoms with Gasteiger partial charge in [-0.15, -0.1) is 5.10 Å². The minimum Gasteiger partial charge on any atom is -0.461 e. The number of hydrogen-bond donors (Lipinski definition) is 1. The second kappa shape index (κ2) is 4.80. The molecule has 6 heteroatoms. The second-order valence-electron chi connectivity index (χ2n) is 5.37. The Balaban J connectivity index is 1.78. The van der Waals surface area contributed by atoms with Crippen molar-refractivity contribution in [3.05, 3.63) is 30.5 Å². The summed E-state index contributed by atoms with van der Waals surface area (Å²) < 4.78 is 7.00. The maximum atomic E-state index is 6.13. The molecule has 0 unspecified atom stereocenters. The van der Waals surface area contributed by atoms with Crippen molar-refractivity contribution in [3.8, 4) is 11.6 Å². The summed E-state index contributed by atoms with van der Waals surface area (Å²) in [6.45, 7) is 2.16. The molecule has 1 aliphatic heterocycles. The van der Waals surface area contributed by atoms with Gasteiger partial charge in [0, 0.05) is 30.9 Å². The monoisotopic (exact) mass is 283 g/mol. The average Bonchev–Trinajstić information content (AvgIpc) is 3.17. The highest BCUT2D eigenvalue weighted by atomic mass is 16.3. The highest BCUT2D eigenvalue weighted by Crippen LogP contribution is 2.25. The standard InChI is InChI=1S/C15H17N5O/c16-13-9-11(19-6-2-1-3-7-19)10-14-17-15(18-20(13)14)12-5-4-8-21-12/h4-5,8-10H,1-3,6-7,16H2. The Labute approximate surface area is 122 Å². The molecule has 4 heterocycles. The number of aromatic nitrogens is 3. The molecule has 1 fully saturated rings. The normalized spacial score (nSPS) is 15.7. The molecule has 4 rings (SSSR count). The van der Waals surface area contributed by atoms with E-state index in [1.165, 1.54) is 19.3 Å². The van der Waals surface area contributed by atoms with Gasteiger partial charge in [0.2, 0.25) is 5.82 Å². The lowest BCUT2D eigenvalue weighted by atomic mass is 10.1. The van der Waals surface area contributed by atoms with Crippen LogP contribution in [0.1, 0.15) is 19.3 Å². The number of furan rings is 1. The van der Waals surface area contributed by atoms with E-state index in [1.807, 2.05) is 24.3 Å². The Morgan fingerprint density at radius 1 is 1.14 bits per heavy atom. The first-order chi connectivity index (χ1) is 10.3. The van der Waals surface area contributed by atoms with Gasteiger partial charge >= 0.3 is 0 Å². The van der Waals surface area contributed by atoms with Crippen LogP contribution in [-0.4, -0.2) is 27.7 Å². The second-order valence-corrected chi connectivity index (χ2v) is 5.37. The van der Waals surface area contributed by atoms with E-state index in [-0.39, 0.29) is 0 Å². The maximum Gasteiger partial charge on any atom is 0.217 e. The quantitative estimate of drug-likeness (QED) is 0.782. The van der Waals surface area contributed by atoms with E-state index < -0.39 is 0 Å². The molecule has 6 nitrogen and oxygen atoms in total. The molecule has 0 saturated carbocycles. The molecule has 1 saturated heterocycles. The molecular weight excluding hydrogens is 266 g/mol. The van der Waals surface area contributed by atoms with Crippen LogP contribution in [-0.2, 0) is 0 Å². The van der Waals surface area contributed by atoms with Crippen LogP contribution in [0.3, 0.4) is 0 Å². The molecule has 0 amide bonds. The van der Waals surface area contributed by atoms with Crippen LogP contribution >= 0.6 is 0 Å². The van der Waals surface area contributed by atoms with Crippen molar-refractivity contribution in [2.24, 2.45) is 0 Å². The van der Waals surface area contributed by atoms with Gasteiger partial charge in [-0.2, -0.15) is 4.52 Å².